The van der Waals surface area contributed by atoms with Crippen molar-refractivity contribution in [2.45, 2.75) is 38.7 Å². The molecule has 5 nitrogen and oxygen atoms in total. The molecule has 0 spiro atoms. The molecule has 0 amide bonds. The number of aromatic nitrogens is 2. The number of hydrogen-bond donors (Lipinski definition) is 1. The van der Waals surface area contributed by atoms with Crippen molar-refractivity contribution in [3.63, 3.8) is 0 Å². The van der Waals surface area contributed by atoms with Crippen molar-refractivity contribution in [3.05, 3.63) is 36.4 Å². The molecular weight excluding hydrogens is 324 g/mol. The maximum Gasteiger partial charge on any atom is 0.225 e. The van der Waals surface area contributed by atoms with Gasteiger partial charge in [-0.3, -0.25) is 0 Å². The van der Waals surface area contributed by atoms with Crippen LogP contribution in [0, 0.1) is 5.92 Å². The van der Waals surface area contributed by atoms with E-state index < -0.39 is 0 Å². The van der Waals surface area contributed by atoms with Crippen LogP contribution in [0.3, 0.4) is 0 Å². The van der Waals surface area contributed by atoms with E-state index in [-0.39, 0.29) is 6.10 Å². The summed E-state index contributed by atoms with van der Waals surface area (Å²) in [5.41, 5.74) is 2.10. The molecule has 1 aromatic heterocycles. The van der Waals surface area contributed by atoms with Gasteiger partial charge in [-0.2, -0.15) is 4.98 Å². The molecule has 0 bridgehead atoms. The summed E-state index contributed by atoms with van der Waals surface area (Å²) in [4.78, 5) is 12.0. The largest absolute Gasteiger partial charge is 0.376 e. The molecule has 2 aliphatic rings. The Morgan fingerprint density at radius 2 is 2.04 bits per heavy atom. The van der Waals surface area contributed by atoms with Crippen molar-refractivity contribution in [2.75, 3.05) is 36.5 Å². The Labute approximate surface area is 155 Å². The van der Waals surface area contributed by atoms with Crippen molar-refractivity contribution in [2.24, 2.45) is 5.92 Å². The van der Waals surface area contributed by atoms with Gasteiger partial charge in [-0.05, 0) is 31.6 Å². The summed E-state index contributed by atoms with van der Waals surface area (Å²) in [6.07, 6.45) is 5.06. The molecule has 3 heterocycles. The lowest BCUT2D eigenvalue weighted by Gasteiger charge is -2.32. The standard InChI is InChI=1S/C21H28N4O/c1-16-7-5-11-25(15-16)20-13-19(17-8-3-2-4-9-17)23-21(24-20)22-14-18-10-6-12-26-18/h2-4,8-9,13,16,18H,5-7,10-12,14-15H2,1H3,(H,22,23,24). The van der Waals surface area contributed by atoms with Crippen molar-refractivity contribution in [1.29, 1.82) is 0 Å². The normalized spacial score (nSPS) is 23.2. The van der Waals surface area contributed by atoms with Gasteiger partial charge in [-0.1, -0.05) is 37.3 Å². The van der Waals surface area contributed by atoms with Gasteiger partial charge in [0, 0.05) is 37.9 Å². The third-order valence-electron chi connectivity index (χ3n) is 5.28. The molecule has 0 radical (unpaired) electrons. The van der Waals surface area contributed by atoms with Crippen LogP contribution in [0.4, 0.5) is 11.8 Å². The van der Waals surface area contributed by atoms with Crippen LogP contribution >= 0.6 is 0 Å². The molecule has 0 aliphatic carbocycles. The zero-order valence-corrected chi connectivity index (χ0v) is 15.5. The third kappa shape index (κ3) is 4.15. The van der Waals surface area contributed by atoms with Gasteiger partial charge in [0.15, 0.2) is 0 Å². The molecule has 2 aromatic rings. The summed E-state index contributed by atoms with van der Waals surface area (Å²) in [6, 6.07) is 12.5. The Morgan fingerprint density at radius 1 is 1.15 bits per heavy atom. The van der Waals surface area contributed by atoms with Gasteiger partial charge >= 0.3 is 0 Å². The number of ether oxygens (including phenoxy) is 1. The smallest absolute Gasteiger partial charge is 0.225 e. The summed E-state index contributed by atoms with van der Waals surface area (Å²) in [5, 5.41) is 3.41. The minimum Gasteiger partial charge on any atom is -0.376 e. The summed E-state index contributed by atoms with van der Waals surface area (Å²) in [7, 11) is 0. The lowest BCUT2D eigenvalue weighted by atomic mass is 10.0. The highest BCUT2D eigenvalue weighted by Gasteiger charge is 2.20. The fourth-order valence-electron chi connectivity index (χ4n) is 3.84. The van der Waals surface area contributed by atoms with Crippen molar-refractivity contribution in [1.82, 2.24) is 9.97 Å². The van der Waals surface area contributed by atoms with Crippen LogP contribution in [0.25, 0.3) is 11.3 Å². The molecule has 26 heavy (non-hydrogen) atoms. The van der Waals surface area contributed by atoms with Crippen molar-refractivity contribution < 1.29 is 4.74 Å². The minimum atomic E-state index is 0.275. The quantitative estimate of drug-likeness (QED) is 0.882. The second-order valence-corrected chi connectivity index (χ2v) is 7.51. The molecule has 1 aromatic carbocycles. The van der Waals surface area contributed by atoms with Gasteiger partial charge < -0.3 is 15.0 Å². The maximum atomic E-state index is 5.72. The summed E-state index contributed by atoms with van der Waals surface area (Å²) in [5.74, 6) is 2.44. The van der Waals surface area contributed by atoms with Gasteiger partial charge in [0.05, 0.1) is 11.8 Å². The number of nitrogens with one attached hydrogen (secondary N) is 1. The predicted octanol–water partition coefficient (Wildman–Crippen LogP) is 3.97. The minimum absolute atomic E-state index is 0.275. The van der Waals surface area contributed by atoms with Crippen LogP contribution in [0.5, 0.6) is 0 Å². The first kappa shape index (κ1) is 17.3. The molecule has 138 valence electrons. The lowest BCUT2D eigenvalue weighted by Crippen LogP contribution is -2.35. The number of anilines is 2. The lowest BCUT2D eigenvalue weighted by molar-refractivity contribution is 0.120. The van der Waals surface area contributed by atoms with Gasteiger partial charge in [-0.25, -0.2) is 4.98 Å². The summed E-state index contributed by atoms with van der Waals surface area (Å²) in [6.45, 7) is 6.10. The third-order valence-corrected chi connectivity index (χ3v) is 5.28. The fourth-order valence-corrected chi connectivity index (χ4v) is 3.84. The predicted molar refractivity (Wildman–Crippen MR) is 106 cm³/mol. The van der Waals surface area contributed by atoms with Crippen LogP contribution in [0.1, 0.15) is 32.6 Å². The zero-order chi connectivity index (χ0) is 17.8. The van der Waals surface area contributed by atoms with E-state index in [9.17, 15) is 0 Å². The monoisotopic (exact) mass is 352 g/mol. The number of rotatable bonds is 5. The number of benzene rings is 1. The number of nitrogens with zero attached hydrogens (tertiary/aromatic N) is 3. The topological polar surface area (TPSA) is 50.3 Å². The number of piperidine rings is 1. The molecule has 2 aliphatic heterocycles. The van der Waals surface area contributed by atoms with Gasteiger partial charge in [-0.15, -0.1) is 0 Å². The van der Waals surface area contributed by atoms with Gasteiger partial charge in [0.25, 0.3) is 0 Å². The molecule has 1 N–H and O–H groups in total. The first-order valence-corrected chi connectivity index (χ1v) is 9.83. The van der Waals surface area contributed by atoms with E-state index >= 15 is 0 Å². The molecule has 5 heteroatoms. The van der Waals surface area contributed by atoms with E-state index in [0.29, 0.717) is 11.9 Å². The Balaban J connectivity index is 1.60. The van der Waals surface area contributed by atoms with E-state index in [1.54, 1.807) is 0 Å². The summed E-state index contributed by atoms with van der Waals surface area (Å²) >= 11 is 0. The van der Waals surface area contributed by atoms with Gasteiger partial charge in [0.1, 0.15) is 5.82 Å². The molecule has 4 rings (SSSR count). The number of hydrogen-bond acceptors (Lipinski definition) is 5. The van der Waals surface area contributed by atoms with Crippen molar-refractivity contribution >= 4 is 11.8 Å². The maximum absolute atomic E-state index is 5.72. The Bertz CT molecular complexity index is 715. The molecule has 0 saturated carbocycles. The van der Waals surface area contributed by atoms with Crippen LogP contribution in [-0.4, -0.2) is 42.3 Å². The van der Waals surface area contributed by atoms with Gasteiger partial charge in [0.2, 0.25) is 5.95 Å². The highest BCUT2D eigenvalue weighted by molar-refractivity contribution is 5.64. The molecule has 2 saturated heterocycles. The highest BCUT2D eigenvalue weighted by atomic mass is 16.5. The SMILES string of the molecule is CC1CCCN(c2cc(-c3ccccc3)nc(NCC3CCCO3)n2)C1. The second-order valence-electron chi connectivity index (χ2n) is 7.51. The molecular formula is C21H28N4O. The Hall–Kier alpha value is -2.14. The van der Waals surface area contributed by atoms with Crippen LogP contribution in [0.15, 0.2) is 36.4 Å². The van der Waals surface area contributed by atoms with E-state index in [4.69, 9.17) is 14.7 Å². The van der Waals surface area contributed by atoms with E-state index in [0.717, 1.165) is 56.2 Å². The molecule has 2 fully saturated rings. The van der Waals surface area contributed by atoms with Crippen LogP contribution in [0.2, 0.25) is 0 Å². The zero-order valence-electron chi connectivity index (χ0n) is 15.5. The van der Waals surface area contributed by atoms with E-state index in [1.165, 1.54) is 12.8 Å². The molecule has 2 atom stereocenters. The summed E-state index contributed by atoms with van der Waals surface area (Å²) < 4.78 is 5.72. The van der Waals surface area contributed by atoms with Crippen molar-refractivity contribution in [3.8, 4) is 11.3 Å². The average Bonchev–Trinajstić information content (AvgIpc) is 3.20. The average molecular weight is 352 g/mol. The first-order valence-electron chi connectivity index (χ1n) is 9.83. The van der Waals surface area contributed by atoms with E-state index in [1.807, 2.05) is 6.07 Å². The van der Waals surface area contributed by atoms with E-state index in [2.05, 4.69) is 47.5 Å². The van der Waals surface area contributed by atoms with Crippen LogP contribution in [-0.2, 0) is 4.74 Å². The molecule has 2 unspecified atom stereocenters. The Kier molecular flexibility index (Phi) is 5.34. The highest BCUT2D eigenvalue weighted by Crippen LogP contribution is 2.27. The van der Waals surface area contributed by atoms with Crippen LogP contribution < -0.4 is 10.2 Å². The first-order chi connectivity index (χ1) is 12.8. The second kappa shape index (κ2) is 8.04. The Morgan fingerprint density at radius 3 is 2.81 bits per heavy atom. The fraction of sp³-hybridized carbons (Fsp3) is 0.524.